The second-order valence-electron chi connectivity index (χ2n) is 8.95. The van der Waals surface area contributed by atoms with Gasteiger partial charge in [0, 0.05) is 0 Å². The van der Waals surface area contributed by atoms with Crippen LogP contribution in [0.4, 0.5) is 0 Å². The molecule has 1 N–H and O–H groups in total. The molecule has 1 heterocycles. The van der Waals surface area contributed by atoms with Crippen LogP contribution in [0.25, 0.3) is 6.08 Å². The quantitative estimate of drug-likeness (QED) is 0.507. The number of ether oxygens (including phenoxy) is 1. The van der Waals surface area contributed by atoms with Crippen LogP contribution >= 0.6 is 0 Å². The minimum atomic E-state index is 0.0312. The highest BCUT2D eigenvalue weighted by Gasteiger charge is 2.25. The Labute approximate surface area is 160 Å². The molecule has 0 saturated heterocycles. The van der Waals surface area contributed by atoms with Gasteiger partial charge in [0.25, 0.3) is 0 Å². The van der Waals surface area contributed by atoms with Gasteiger partial charge in [-0.05, 0) is 74.3 Å². The molecule has 1 aromatic carbocycles. The number of rotatable bonds is 8. The molecule has 26 heavy (non-hydrogen) atoms. The molecule has 0 aliphatic carbocycles. The highest BCUT2D eigenvalue weighted by molar-refractivity contribution is 5.67. The van der Waals surface area contributed by atoms with Crippen molar-refractivity contribution in [3.8, 4) is 11.5 Å². The number of hydrogen-bond acceptors (Lipinski definition) is 2. The SMILES string of the molecule is CC(C)=CCCC1C=Cc2c(O)cc(C(C)(C)CCCC(C)C)cc2O1. The van der Waals surface area contributed by atoms with E-state index in [1.54, 1.807) is 0 Å². The van der Waals surface area contributed by atoms with Crippen LogP contribution in [0.5, 0.6) is 11.5 Å². The lowest BCUT2D eigenvalue weighted by Gasteiger charge is -2.29. The van der Waals surface area contributed by atoms with E-state index in [0.717, 1.165) is 42.1 Å². The van der Waals surface area contributed by atoms with Crippen molar-refractivity contribution in [2.24, 2.45) is 5.92 Å². The Balaban J connectivity index is 2.13. The maximum Gasteiger partial charge on any atom is 0.131 e. The van der Waals surface area contributed by atoms with Crippen LogP contribution < -0.4 is 4.74 Å². The largest absolute Gasteiger partial charge is 0.507 e. The first-order valence-electron chi connectivity index (χ1n) is 10.0. The number of allylic oxidation sites excluding steroid dienone is 2. The van der Waals surface area contributed by atoms with Crippen molar-refractivity contribution < 1.29 is 9.84 Å². The molecule has 1 aliphatic rings. The monoisotopic (exact) mass is 356 g/mol. The summed E-state index contributed by atoms with van der Waals surface area (Å²) in [5.74, 6) is 1.88. The van der Waals surface area contributed by atoms with Gasteiger partial charge in [0.15, 0.2) is 0 Å². The molecule has 0 radical (unpaired) electrons. The zero-order valence-electron chi connectivity index (χ0n) is 17.4. The average molecular weight is 357 g/mol. The number of phenols is 1. The van der Waals surface area contributed by atoms with Gasteiger partial charge in [0.05, 0.1) is 5.56 Å². The Morgan fingerprint density at radius 2 is 2.00 bits per heavy atom. The van der Waals surface area contributed by atoms with Gasteiger partial charge in [-0.1, -0.05) is 52.2 Å². The Morgan fingerprint density at radius 3 is 2.65 bits per heavy atom. The van der Waals surface area contributed by atoms with Crippen molar-refractivity contribution >= 4 is 6.08 Å². The first kappa shape index (κ1) is 20.6. The van der Waals surface area contributed by atoms with E-state index >= 15 is 0 Å². The molecule has 144 valence electrons. The molecule has 0 amide bonds. The molecule has 2 heteroatoms. The second-order valence-corrected chi connectivity index (χ2v) is 8.95. The van der Waals surface area contributed by atoms with Crippen LogP contribution in [0.1, 0.15) is 84.8 Å². The van der Waals surface area contributed by atoms with E-state index in [-0.39, 0.29) is 11.5 Å². The van der Waals surface area contributed by atoms with Crippen molar-refractivity contribution in [2.75, 3.05) is 0 Å². The van der Waals surface area contributed by atoms with Gasteiger partial charge < -0.3 is 9.84 Å². The van der Waals surface area contributed by atoms with Crippen molar-refractivity contribution in [2.45, 2.75) is 85.2 Å². The van der Waals surface area contributed by atoms with Gasteiger partial charge in [-0.15, -0.1) is 0 Å². The summed E-state index contributed by atoms with van der Waals surface area (Å²) in [6.45, 7) is 13.3. The molecular weight excluding hydrogens is 320 g/mol. The lowest BCUT2D eigenvalue weighted by Crippen LogP contribution is -2.20. The van der Waals surface area contributed by atoms with Crippen LogP contribution in [0.2, 0.25) is 0 Å². The highest BCUT2D eigenvalue weighted by atomic mass is 16.5. The van der Waals surface area contributed by atoms with Gasteiger partial charge in [-0.2, -0.15) is 0 Å². The summed E-state index contributed by atoms with van der Waals surface area (Å²) < 4.78 is 6.20. The summed E-state index contributed by atoms with van der Waals surface area (Å²) in [5.41, 5.74) is 3.35. The van der Waals surface area contributed by atoms with Gasteiger partial charge in [-0.3, -0.25) is 0 Å². The zero-order valence-corrected chi connectivity index (χ0v) is 17.4. The third-order valence-corrected chi connectivity index (χ3v) is 5.24. The van der Waals surface area contributed by atoms with E-state index in [9.17, 15) is 5.11 Å². The van der Waals surface area contributed by atoms with Crippen LogP contribution in [0.3, 0.4) is 0 Å². The molecule has 0 fully saturated rings. The van der Waals surface area contributed by atoms with Crippen molar-refractivity contribution in [3.63, 3.8) is 0 Å². The lowest BCUT2D eigenvalue weighted by atomic mass is 9.79. The summed E-state index contributed by atoms with van der Waals surface area (Å²) in [5, 5.41) is 10.5. The fourth-order valence-electron chi connectivity index (χ4n) is 3.46. The van der Waals surface area contributed by atoms with Crippen LogP contribution in [-0.2, 0) is 5.41 Å². The molecule has 2 nitrogen and oxygen atoms in total. The van der Waals surface area contributed by atoms with E-state index in [4.69, 9.17) is 4.74 Å². The van der Waals surface area contributed by atoms with Gasteiger partial charge in [0.1, 0.15) is 17.6 Å². The highest BCUT2D eigenvalue weighted by Crippen LogP contribution is 2.40. The van der Waals surface area contributed by atoms with E-state index in [0.29, 0.717) is 5.75 Å². The van der Waals surface area contributed by atoms with Gasteiger partial charge in [-0.25, -0.2) is 0 Å². The fraction of sp³-hybridized carbons (Fsp3) is 0.583. The van der Waals surface area contributed by atoms with E-state index in [2.05, 4.69) is 59.8 Å². The predicted octanol–water partition coefficient (Wildman–Crippen LogP) is 7.02. The zero-order chi connectivity index (χ0) is 19.3. The summed E-state index contributed by atoms with van der Waals surface area (Å²) in [7, 11) is 0. The summed E-state index contributed by atoms with van der Waals surface area (Å²) >= 11 is 0. The number of aromatic hydroxyl groups is 1. The normalized spacial score (nSPS) is 16.3. The van der Waals surface area contributed by atoms with Gasteiger partial charge >= 0.3 is 0 Å². The molecule has 0 aromatic heterocycles. The third-order valence-electron chi connectivity index (χ3n) is 5.24. The molecule has 1 unspecified atom stereocenters. The number of phenolic OH excluding ortho intramolecular Hbond substituents is 1. The second kappa shape index (κ2) is 8.79. The minimum absolute atomic E-state index is 0.0312. The number of fused-ring (bicyclic) bond motifs is 1. The molecular formula is C24H36O2. The van der Waals surface area contributed by atoms with Crippen molar-refractivity contribution in [1.29, 1.82) is 0 Å². The topological polar surface area (TPSA) is 29.5 Å². The predicted molar refractivity (Wildman–Crippen MR) is 112 cm³/mol. The van der Waals surface area contributed by atoms with Crippen molar-refractivity contribution in [1.82, 2.24) is 0 Å². The fourth-order valence-corrected chi connectivity index (χ4v) is 3.46. The van der Waals surface area contributed by atoms with E-state index in [1.807, 2.05) is 12.1 Å². The number of hydrogen-bond donors (Lipinski definition) is 1. The van der Waals surface area contributed by atoms with Crippen LogP contribution in [0.15, 0.2) is 29.9 Å². The minimum Gasteiger partial charge on any atom is -0.507 e. The molecule has 0 saturated carbocycles. The van der Waals surface area contributed by atoms with Crippen LogP contribution in [-0.4, -0.2) is 11.2 Å². The smallest absolute Gasteiger partial charge is 0.131 e. The maximum absolute atomic E-state index is 10.5. The summed E-state index contributed by atoms with van der Waals surface area (Å²) in [6.07, 6.45) is 11.9. The third kappa shape index (κ3) is 5.65. The summed E-state index contributed by atoms with van der Waals surface area (Å²) in [6, 6.07) is 4.06. The molecule has 0 spiro atoms. The molecule has 1 atom stereocenters. The van der Waals surface area contributed by atoms with E-state index < -0.39 is 0 Å². The Morgan fingerprint density at radius 1 is 1.27 bits per heavy atom. The molecule has 2 rings (SSSR count). The molecule has 1 aliphatic heterocycles. The Bertz CT molecular complexity index is 661. The first-order valence-corrected chi connectivity index (χ1v) is 10.0. The van der Waals surface area contributed by atoms with Crippen molar-refractivity contribution in [3.05, 3.63) is 41.0 Å². The average Bonchev–Trinajstić information content (AvgIpc) is 2.53. The maximum atomic E-state index is 10.5. The number of benzene rings is 1. The molecule has 1 aromatic rings. The Kier molecular flexibility index (Phi) is 6.97. The lowest BCUT2D eigenvalue weighted by molar-refractivity contribution is 0.234. The van der Waals surface area contributed by atoms with Gasteiger partial charge in [0.2, 0.25) is 0 Å². The molecule has 0 bridgehead atoms. The standard InChI is InChI=1S/C24H36O2/c1-17(2)9-7-11-20-12-13-21-22(25)15-19(16-23(21)26-20)24(5,6)14-8-10-18(3)4/h9,12-13,15-16,18,20,25H,7-8,10-11,14H2,1-6H3. The van der Waals surface area contributed by atoms with Crippen LogP contribution in [0, 0.1) is 5.92 Å². The van der Waals surface area contributed by atoms with E-state index in [1.165, 1.54) is 18.4 Å². The first-order chi connectivity index (χ1) is 12.2. The Hall–Kier alpha value is -1.70. The summed E-state index contributed by atoms with van der Waals surface area (Å²) in [4.78, 5) is 0.